The number of carboxylic acids is 1. The lowest BCUT2D eigenvalue weighted by Crippen LogP contribution is -2.22. The van der Waals surface area contributed by atoms with Crippen molar-refractivity contribution < 1.29 is 27.9 Å². The van der Waals surface area contributed by atoms with Crippen LogP contribution >= 0.6 is 0 Å². The van der Waals surface area contributed by atoms with Gasteiger partial charge >= 0.3 is 12.1 Å². The number of aromatic carboxylic acids is 1. The van der Waals surface area contributed by atoms with Gasteiger partial charge in [0.1, 0.15) is 12.2 Å². The molecule has 1 aromatic heterocycles. The average Bonchev–Trinajstić information content (AvgIpc) is 2.86. The maximum atomic E-state index is 12.6. The summed E-state index contributed by atoms with van der Waals surface area (Å²) < 4.78 is 38.6. The van der Waals surface area contributed by atoms with E-state index in [-0.39, 0.29) is 11.4 Å². The summed E-state index contributed by atoms with van der Waals surface area (Å²) in [5.74, 6) is -1.95. The zero-order valence-electron chi connectivity index (χ0n) is 11.0. The topological polar surface area (TPSA) is 84.2 Å². The Morgan fingerprint density at radius 3 is 2.64 bits per heavy atom. The summed E-state index contributed by atoms with van der Waals surface area (Å²) in [6, 6.07) is 5.34. The van der Waals surface area contributed by atoms with E-state index in [4.69, 9.17) is 5.11 Å². The third-order valence-electron chi connectivity index (χ3n) is 2.70. The highest BCUT2D eigenvalue weighted by Gasteiger charge is 2.30. The monoisotopic (exact) mass is 313 g/mol. The number of anilines is 1. The molecule has 2 rings (SSSR count). The van der Waals surface area contributed by atoms with E-state index in [0.29, 0.717) is 0 Å². The molecule has 0 radical (unpaired) electrons. The lowest BCUT2D eigenvalue weighted by Gasteiger charge is -2.10. The third kappa shape index (κ3) is 3.62. The van der Waals surface area contributed by atoms with Crippen LogP contribution in [0.1, 0.15) is 16.1 Å². The van der Waals surface area contributed by atoms with Gasteiger partial charge in [-0.05, 0) is 24.3 Å². The van der Waals surface area contributed by atoms with Crippen molar-refractivity contribution in [1.29, 1.82) is 0 Å². The van der Waals surface area contributed by atoms with Crippen molar-refractivity contribution in [2.24, 2.45) is 0 Å². The predicted molar refractivity (Wildman–Crippen MR) is 69.3 cm³/mol. The van der Waals surface area contributed by atoms with Crippen LogP contribution in [0.3, 0.4) is 0 Å². The van der Waals surface area contributed by atoms with E-state index in [2.05, 4.69) is 10.4 Å². The van der Waals surface area contributed by atoms with E-state index in [1.165, 1.54) is 18.3 Å². The van der Waals surface area contributed by atoms with Gasteiger partial charge in [-0.15, -0.1) is 0 Å². The van der Waals surface area contributed by atoms with Crippen molar-refractivity contribution in [3.8, 4) is 0 Å². The number of carbonyl (C=O) groups excluding carboxylic acids is 1. The number of rotatable bonds is 4. The minimum Gasteiger partial charge on any atom is -0.477 e. The Kier molecular flexibility index (Phi) is 4.15. The molecular weight excluding hydrogens is 303 g/mol. The molecule has 1 aromatic carbocycles. The average molecular weight is 313 g/mol. The maximum Gasteiger partial charge on any atom is 0.416 e. The van der Waals surface area contributed by atoms with Crippen molar-refractivity contribution in [3.05, 3.63) is 47.8 Å². The SMILES string of the molecule is O=C(Cn1nccc1C(=O)O)Nc1cccc(C(F)(F)F)c1. The van der Waals surface area contributed by atoms with E-state index >= 15 is 0 Å². The molecule has 2 aromatic rings. The molecule has 1 heterocycles. The number of benzene rings is 1. The number of carboxylic acid groups (broad SMARTS) is 1. The van der Waals surface area contributed by atoms with E-state index in [1.54, 1.807) is 0 Å². The van der Waals surface area contributed by atoms with Crippen LogP contribution in [0.15, 0.2) is 36.5 Å². The van der Waals surface area contributed by atoms with E-state index in [9.17, 15) is 22.8 Å². The molecule has 0 saturated carbocycles. The summed E-state index contributed by atoms with van der Waals surface area (Å²) in [4.78, 5) is 22.6. The first-order valence-electron chi connectivity index (χ1n) is 5.99. The maximum absolute atomic E-state index is 12.6. The van der Waals surface area contributed by atoms with Crippen LogP contribution < -0.4 is 5.32 Å². The number of halogens is 3. The van der Waals surface area contributed by atoms with Crippen LogP contribution in [0.25, 0.3) is 0 Å². The molecule has 0 saturated heterocycles. The molecule has 0 spiro atoms. The number of hydrogen-bond acceptors (Lipinski definition) is 3. The van der Waals surface area contributed by atoms with Gasteiger partial charge in [0.2, 0.25) is 5.91 Å². The largest absolute Gasteiger partial charge is 0.477 e. The van der Waals surface area contributed by atoms with Crippen LogP contribution in [0.4, 0.5) is 18.9 Å². The highest BCUT2D eigenvalue weighted by Crippen LogP contribution is 2.30. The summed E-state index contributed by atoms with van der Waals surface area (Å²) in [6.07, 6.45) is -3.31. The van der Waals surface area contributed by atoms with Crippen LogP contribution in [-0.4, -0.2) is 26.8 Å². The number of carbonyl (C=O) groups is 2. The Hall–Kier alpha value is -2.84. The third-order valence-corrected chi connectivity index (χ3v) is 2.70. The molecule has 0 unspecified atom stereocenters. The van der Waals surface area contributed by atoms with Gasteiger partial charge in [0.05, 0.1) is 5.56 Å². The van der Waals surface area contributed by atoms with Crippen molar-refractivity contribution in [2.45, 2.75) is 12.7 Å². The first-order chi connectivity index (χ1) is 10.3. The number of hydrogen-bond donors (Lipinski definition) is 2. The minimum atomic E-state index is -4.51. The Morgan fingerprint density at radius 2 is 2.00 bits per heavy atom. The zero-order chi connectivity index (χ0) is 16.3. The zero-order valence-corrected chi connectivity index (χ0v) is 11.0. The van der Waals surface area contributed by atoms with Crippen LogP contribution in [0.2, 0.25) is 0 Å². The van der Waals surface area contributed by atoms with Crippen molar-refractivity contribution in [2.75, 3.05) is 5.32 Å². The van der Waals surface area contributed by atoms with Gasteiger partial charge in [-0.3, -0.25) is 4.79 Å². The second kappa shape index (κ2) is 5.88. The summed E-state index contributed by atoms with van der Waals surface area (Å²) in [6.45, 7) is -0.426. The molecule has 0 aliphatic heterocycles. The second-order valence-electron chi connectivity index (χ2n) is 4.31. The molecule has 1 amide bonds. The number of nitrogens with zero attached hydrogens (tertiary/aromatic N) is 2. The number of alkyl halides is 3. The first kappa shape index (κ1) is 15.5. The van der Waals surface area contributed by atoms with Crippen molar-refractivity contribution in [1.82, 2.24) is 9.78 Å². The smallest absolute Gasteiger partial charge is 0.416 e. The molecule has 2 N–H and O–H groups in total. The van der Waals surface area contributed by atoms with Crippen LogP contribution in [-0.2, 0) is 17.5 Å². The second-order valence-corrected chi connectivity index (χ2v) is 4.31. The molecule has 0 bridgehead atoms. The van der Waals surface area contributed by atoms with Crippen molar-refractivity contribution in [3.63, 3.8) is 0 Å². The molecule has 0 aliphatic rings. The molecule has 22 heavy (non-hydrogen) atoms. The standard InChI is InChI=1S/C13H10F3N3O3/c14-13(15,16)8-2-1-3-9(6-8)18-11(20)7-19-10(12(21)22)4-5-17-19/h1-6H,7H2,(H,18,20)(H,21,22). The van der Waals surface area contributed by atoms with E-state index in [0.717, 1.165) is 22.9 Å². The Balaban J connectivity index is 2.09. The van der Waals surface area contributed by atoms with Crippen molar-refractivity contribution >= 4 is 17.6 Å². The fraction of sp³-hybridized carbons (Fsp3) is 0.154. The molecule has 0 atom stereocenters. The van der Waals surface area contributed by atoms with Gasteiger partial charge in [-0.25, -0.2) is 9.48 Å². The summed E-state index contributed by atoms with van der Waals surface area (Å²) >= 11 is 0. The van der Waals surface area contributed by atoms with E-state index in [1.807, 2.05) is 0 Å². The molecule has 6 nitrogen and oxygen atoms in total. The Bertz CT molecular complexity index is 710. The number of amides is 1. The summed E-state index contributed by atoms with van der Waals surface area (Å²) in [7, 11) is 0. The minimum absolute atomic E-state index is 0.0381. The molecule has 9 heteroatoms. The van der Waals surface area contributed by atoms with Gasteiger partial charge in [0.25, 0.3) is 0 Å². The highest BCUT2D eigenvalue weighted by molar-refractivity contribution is 5.92. The lowest BCUT2D eigenvalue weighted by atomic mass is 10.2. The molecule has 116 valence electrons. The molecule has 0 aliphatic carbocycles. The van der Waals surface area contributed by atoms with Gasteiger partial charge in [-0.2, -0.15) is 18.3 Å². The van der Waals surface area contributed by atoms with Gasteiger partial charge in [-0.1, -0.05) is 6.07 Å². The van der Waals surface area contributed by atoms with E-state index < -0.39 is 30.2 Å². The quantitative estimate of drug-likeness (QED) is 0.906. The molecular formula is C13H10F3N3O3. The summed E-state index contributed by atoms with van der Waals surface area (Å²) in [5, 5.41) is 14.8. The van der Waals surface area contributed by atoms with Gasteiger partial charge in [0.15, 0.2) is 0 Å². The van der Waals surface area contributed by atoms with Crippen LogP contribution in [0, 0.1) is 0 Å². The fourth-order valence-corrected chi connectivity index (χ4v) is 1.75. The normalized spacial score (nSPS) is 11.2. The molecule has 0 fully saturated rings. The van der Waals surface area contributed by atoms with Gasteiger partial charge < -0.3 is 10.4 Å². The Morgan fingerprint density at radius 1 is 1.27 bits per heavy atom. The van der Waals surface area contributed by atoms with Crippen LogP contribution in [0.5, 0.6) is 0 Å². The van der Waals surface area contributed by atoms with Gasteiger partial charge in [0, 0.05) is 11.9 Å². The highest BCUT2D eigenvalue weighted by atomic mass is 19.4. The fourth-order valence-electron chi connectivity index (χ4n) is 1.75. The number of nitrogens with one attached hydrogen (secondary N) is 1. The summed E-state index contributed by atoms with van der Waals surface area (Å²) in [5.41, 5.74) is -1.13. The predicted octanol–water partition coefficient (Wildman–Crippen LogP) is 2.24. The lowest BCUT2D eigenvalue weighted by molar-refractivity contribution is -0.137. The number of aromatic nitrogens is 2. The Labute approximate surface area is 122 Å². The first-order valence-corrected chi connectivity index (χ1v) is 5.99.